The molecule has 1 N–H and O–H groups in total. The summed E-state index contributed by atoms with van der Waals surface area (Å²) >= 11 is 0. The van der Waals surface area contributed by atoms with Crippen molar-refractivity contribution in [1.82, 2.24) is 9.78 Å². The van der Waals surface area contributed by atoms with E-state index in [-0.39, 0.29) is 5.91 Å². The van der Waals surface area contributed by atoms with E-state index in [1.807, 2.05) is 55.9 Å². The minimum Gasteiger partial charge on any atom is -0.382 e. The molecule has 1 unspecified atom stereocenters. The molecule has 0 aliphatic carbocycles. The Morgan fingerprint density at radius 1 is 1.35 bits per heavy atom. The fourth-order valence-electron chi connectivity index (χ4n) is 2.50. The lowest BCUT2D eigenvalue weighted by Gasteiger charge is -2.09. The van der Waals surface area contributed by atoms with E-state index in [4.69, 9.17) is 4.84 Å². The Morgan fingerprint density at radius 2 is 2.09 bits per heavy atom. The van der Waals surface area contributed by atoms with Crippen LogP contribution in [0.15, 0.2) is 35.6 Å². The molecule has 0 spiro atoms. The number of carbonyl (C=O) groups is 1. The highest BCUT2D eigenvalue weighted by Gasteiger charge is 2.30. The normalized spacial score (nSPS) is 16.8. The molecule has 23 heavy (non-hydrogen) atoms. The van der Waals surface area contributed by atoms with Crippen molar-refractivity contribution in [1.29, 1.82) is 0 Å². The first-order valence-corrected chi connectivity index (χ1v) is 7.71. The highest BCUT2D eigenvalue weighted by molar-refractivity contribution is 6.06. The Balaban J connectivity index is 1.65. The van der Waals surface area contributed by atoms with Gasteiger partial charge in [0.15, 0.2) is 0 Å². The van der Waals surface area contributed by atoms with Gasteiger partial charge in [-0.15, -0.1) is 0 Å². The summed E-state index contributed by atoms with van der Waals surface area (Å²) in [5, 5.41) is 11.3. The Labute approximate surface area is 135 Å². The summed E-state index contributed by atoms with van der Waals surface area (Å²) in [4.78, 5) is 17.6. The number of hydrogen-bond donors (Lipinski definition) is 1. The summed E-state index contributed by atoms with van der Waals surface area (Å²) in [6.45, 7) is 6.77. The van der Waals surface area contributed by atoms with E-state index in [0.717, 1.165) is 34.8 Å². The number of hydrogen-bond acceptors (Lipinski definition) is 4. The Hall–Kier alpha value is -2.63. The van der Waals surface area contributed by atoms with Gasteiger partial charge < -0.3 is 10.2 Å². The lowest BCUT2D eigenvalue weighted by atomic mass is 10.1. The maximum Gasteiger partial charge on any atom is 0.268 e. The number of oxime groups is 1. The van der Waals surface area contributed by atoms with Gasteiger partial charge >= 0.3 is 0 Å². The van der Waals surface area contributed by atoms with Crippen LogP contribution in [-0.2, 0) is 16.2 Å². The largest absolute Gasteiger partial charge is 0.382 e. The molecule has 1 aromatic heterocycles. The third kappa shape index (κ3) is 3.26. The van der Waals surface area contributed by atoms with Gasteiger partial charge in [-0.25, -0.2) is 0 Å². The van der Waals surface area contributed by atoms with Crippen LogP contribution in [0.5, 0.6) is 0 Å². The molecular weight excluding hydrogens is 292 g/mol. The van der Waals surface area contributed by atoms with E-state index in [1.165, 1.54) is 0 Å². The van der Waals surface area contributed by atoms with Crippen LogP contribution in [-0.4, -0.2) is 27.5 Å². The van der Waals surface area contributed by atoms with Crippen LogP contribution in [0.3, 0.4) is 0 Å². The quantitative estimate of drug-likeness (QED) is 0.943. The molecule has 1 aromatic carbocycles. The van der Waals surface area contributed by atoms with E-state index in [9.17, 15) is 4.79 Å². The van der Waals surface area contributed by atoms with Crippen LogP contribution < -0.4 is 5.32 Å². The lowest BCUT2D eigenvalue weighted by molar-refractivity contribution is -0.125. The van der Waals surface area contributed by atoms with Crippen molar-refractivity contribution < 1.29 is 9.63 Å². The summed E-state index contributed by atoms with van der Waals surface area (Å²) in [5.74, 6) is -0.187. The van der Waals surface area contributed by atoms with Crippen molar-refractivity contribution in [3.05, 3.63) is 47.3 Å². The summed E-state index contributed by atoms with van der Waals surface area (Å²) in [5.41, 5.74) is 4.51. The average Bonchev–Trinajstić information content (AvgIpc) is 3.16. The maximum absolute atomic E-state index is 12.3. The maximum atomic E-state index is 12.3. The molecule has 3 rings (SSSR count). The van der Waals surface area contributed by atoms with E-state index in [0.29, 0.717) is 6.42 Å². The van der Waals surface area contributed by atoms with Crippen LogP contribution in [0.25, 0.3) is 0 Å². The molecule has 0 bridgehead atoms. The zero-order valence-corrected chi connectivity index (χ0v) is 13.5. The Bertz CT molecular complexity index is 746. The first kappa shape index (κ1) is 15.3. The first-order chi connectivity index (χ1) is 11.1. The third-order valence-electron chi connectivity index (χ3n) is 3.86. The van der Waals surface area contributed by atoms with Crippen molar-refractivity contribution in [3.63, 3.8) is 0 Å². The first-order valence-electron chi connectivity index (χ1n) is 7.71. The average molecular weight is 312 g/mol. The van der Waals surface area contributed by atoms with Crippen molar-refractivity contribution in [2.45, 2.75) is 39.8 Å². The van der Waals surface area contributed by atoms with Gasteiger partial charge in [0.05, 0.1) is 11.4 Å². The van der Waals surface area contributed by atoms with Crippen molar-refractivity contribution in [2.75, 3.05) is 5.32 Å². The molecule has 0 saturated carbocycles. The van der Waals surface area contributed by atoms with E-state index >= 15 is 0 Å². The summed E-state index contributed by atoms with van der Waals surface area (Å²) in [6, 6.07) is 7.66. The lowest BCUT2D eigenvalue weighted by Crippen LogP contribution is -2.28. The van der Waals surface area contributed by atoms with Gasteiger partial charge in [-0.05, 0) is 32.9 Å². The predicted octanol–water partition coefficient (Wildman–Crippen LogP) is 2.65. The zero-order valence-electron chi connectivity index (χ0n) is 13.5. The molecule has 1 amide bonds. The molecule has 1 aliphatic rings. The molecule has 6 nitrogen and oxygen atoms in total. The van der Waals surface area contributed by atoms with Gasteiger partial charge in [0.1, 0.15) is 0 Å². The van der Waals surface area contributed by atoms with E-state index < -0.39 is 6.10 Å². The molecule has 6 heteroatoms. The molecule has 1 aliphatic heterocycles. The van der Waals surface area contributed by atoms with E-state index in [2.05, 4.69) is 15.6 Å². The SMILES string of the molecule is CCn1cc(C2=NOC(C(=O)Nc3ccc(C)cc3)C2)c(C)n1. The molecule has 120 valence electrons. The number of carbonyl (C=O) groups excluding carboxylic acids is 1. The molecule has 0 saturated heterocycles. The van der Waals surface area contributed by atoms with Gasteiger partial charge in [0.25, 0.3) is 5.91 Å². The second-order valence-corrected chi connectivity index (χ2v) is 5.68. The molecule has 2 aromatic rings. The van der Waals surface area contributed by atoms with Crippen LogP contribution >= 0.6 is 0 Å². The highest BCUT2D eigenvalue weighted by atomic mass is 16.6. The zero-order chi connectivity index (χ0) is 16.4. The minimum absolute atomic E-state index is 0.187. The predicted molar refractivity (Wildman–Crippen MR) is 88.5 cm³/mol. The van der Waals surface area contributed by atoms with Gasteiger partial charge in [-0.1, -0.05) is 22.9 Å². The van der Waals surface area contributed by atoms with Crippen LogP contribution in [0.2, 0.25) is 0 Å². The van der Waals surface area contributed by atoms with Crippen LogP contribution in [0.4, 0.5) is 5.69 Å². The Kier molecular flexibility index (Phi) is 4.14. The third-order valence-corrected chi connectivity index (χ3v) is 3.86. The van der Waals surface area contributed by atoms with Crippen molar-refractivity contribution in [3.8, 4) is 0 Å². The van der Waals surface area contributed by atoms with E-state index in [1.54, 1.807) is 0 Å². The van der Waals surface area contributed by atoms with Crippen LogP contribution in [0.1, 0.15) is 30.2 Å². The van der Waals surface area contributed by atoms with Crippen LogP contribution in [0, 0.1) is 13.8 Å². The molecule has 2 heterocycles. The van der Waals surface area contributed by atoms with Gasteiger partial charge in [0, 0.05) is 30.4 Å². The number of aromatic nitrogens is 2. The van der Waals surface area contributed by atoms with Crippen molar-refractivity contribution in [2.24, 2.45) is 5.16 Å². The van der Waals surface area contributed by atoms with Gasteiger partial charge in [0.2, 0.25) is 6.10 Å². The number of benzene rings is 1. The fourth-order valence-corrected chi connectivity index (χ4v) is 2.50. The topological polar surface area (TPSA) is 68.5 Å². The highest BCUT2D eigenvalue weighted by Crippen LogP contribution is 2.20. The molecule has 0 radical (unpaired) electrons. The Morgan fingerprint density at radius 3 is 2.74 bits per heavy atom. The smallest absolute Gasteiger partial charge is 0.268 e. The standard InChI is InChI=1S/C17H20N4O2/c1-4-21-10-14(12(3)19-21)15-9-16(23-20-15)17(22)18-13-7-5-11(2)6-8-13/h5-8,10,16H,4,9H2,1-3H3,(H,18,22). The number of aryl methyl sites for hydroxylation is 3. The molecule has 0 fully saturated rings. The monoisotopic (exact) mass is 312 g/mol. The molecular formula is C17H20N4O2. The number of nitrogens with one attached hydrogen (secondary N) is 1. The summed E-state index contributed by atoms with van der Waals surface area (Å²) in [7, 11) is 0. The fraction of sp³-hybridized carbons (Fsp3) is 0.353. The molecule has 1 atom stereocenters. The van der Waals surface area contributed by atoms with Gasteiger partial charge in [-0.2, -0.15) is 5.10 Å². The second-order valence-electron chi connectivity index (χ2n) is 5.68. The number of anilines is 1. The summed E-state index contributed by atoms with van der Waals surface area (Å²) in [6.07, 6.45) is 1.79. The number of nitrogens with zero attached hydrogens (tertiary/aromatic N) is 3. The number of amides is 1. The van der Waals surface area contributed by atoms with Crippen molar-refractivity contribution >= 4 is 17.3 Å². The second kappa shape index (κ2) is 6.24. The summed E-state index contributed by atoms with van der Waals surface area (Å²) < 4.78 is 1.85. The number of rotatable bonds is 4. The minimum atomic E-state index is -0.601. The van der Waals surface area contributed by atoms with Gasteiger partial charge in [-0.3, -0.25) is 9.48 Å².